The van der Waals surface area contributed by atoms with E-state index in [4.69, 9.17) is 4.42 Å². The van der Waals surface area contributed by atoms with Gasteiger partial charge in [0, 0.05) is 26.2 Å². The maximum absolute atomic E-state index is 12.7. The average molecular weight is 449 g/mol. The molecule has 174 valence electrons. The zero-order chi connectivity index (χ0) is 22.8. The van der Waals surface area contributed by atoms with Crippen molar-refractivity contribution in [3.8, 4) is 5.69 Å². The molecule has 1 aliphatic carbocycles. The fraction of sp³-hybridized carbons (Fsp3) is 0.520. The highest BCUT2D eigenvalue weighted by Crippen LogP contribution is 2.42. The van der Waals surface area contributed by atoms with E-state index in [2.05, 4.69) is 58.5 Å². The number of hydrogen-bond donors (Lipinski definition) is 0. The fourth-order valence-corrected chi connectivity index (χ4v) is 5.36. The van der Waals surface area contributed by atoms with Gasteiger partial charge in [0.25, 0.3) is 5.91 Å². The van der Waals surface area contributed by atoms with Crippen molar-refractivity contribution < 1.29 is 9.21 Å². The number of aromatic nitrogens is 4. The van der Waals surface area contributed by atoms with Crippen LogP contribution >= 0.6 is 0 Å². The Morgan fingerprint density at radius 3 is 2.36 bits per heavy atom. The van der Waals surface area contributed by atoms with Gasteiger partial charge < -0.3 is 9.32 Å². The van der Waals surface area contributed by atoms with E-state index in [0.29, 0.717) is 24.8 Å². The molecule has 0 atom stereocenters. The molecule has 2 aliphatic rings. The maximum atomic E-state index is 12.7. The predicted molar refractivity (Wildman–Crippen MR) is 124 cm³/mol. The van der Waals surface area contributed by atoms with Crippen molar-refractivity contribution in [1.29, 1.82) is 0 Å². The van der Waals surface area contributed by atoms with Gasteiger partial charge in [-0.2, -0.15) is 4.68 Å². The summed E-state index contributed by atoms with van der Waals surface area (Å²) >= 11 is 0. The van der Waals surface area contributed by atoms with Crippen LogP contribution < -0.4 is 0 Å². The smallest absolute Gasteiger partial charge is 0.289 e. The molecular weight excluding hydrogens is 416 g/mol. The second-order valence-electron chi connectivity index (χ2n) is 9.51. The van der Waals surface area contributed by atoms with Crippen LogP contribution in [0.4, 0.5) is 0 Å². The Kier molecular flexibility index (Phi) is 6.01. The average Bonchev–Trinajstić information content (AvgIpc) is 3.57. The molecule has 8 heteroatoms. The van der Waals surface area contributed by atoms with Gasteiger partial charge in [-0.3, -0.25) is 9.69 Å². The highest BCUT2D eigenvalue weighted by molar-refractivity contribution is 5.91. The predicted octanol–water partition coefficient (Wildman–Crippen LogP) is 4.00. The fourth-order valence-electron chi connectivity index (χ4n) is 5.36. The molecule has 1 amide bonds. The number of furan rings is 1. The third-order valence-corrected chi connectivity index (χ3v) is 7.27. The zero-order valence-corrected chi connectivity index (χ0v) is 19.5. The van der Waals surface area contributed by atoms with Gasteiger partial charge in [-0.25, -0.2) is 0 Å². The molecule has 2 aromatic heterocycles. The quantitative estimate of drug-likeness (QED) is 0.587. The molecule has 1 saturated carbocycles. The largest absolute Gasteiger partial charge is 0.459 e. The van der Waals surface area contributed by atoms with Crippen LogP contribution in [-0.4, -0.2) is 62.1 Å². The van der Waals surface area contributed by atoms with Crippen LogP contribution in [-0.2, 0) is 5.54 Å². The second kappa shape index (κ2) is 9.09. The van der Waals surface area contributed by atoms with Crippen molar-refractivity contribution in [1.82, 2.24) is 30.0 Å². The van der Waals surface area contributed by atoms with Crippen molar-refractivity contribution in [3.63, 3.8) is 0 Å². The molecule has 0 bridgehead atoms. The number of rotatable bonds is 5. The maximum Gasteiger partial charge on any atom is 0.289 e. The van der Waals surface area contributed by atoms with Crippen LogP contribution in [0.1, 0.15) is 73.8 Å². The van der Waals surface area contributed by atoms with Gasteiger partial charge in [0.2, 0.25) is 0 Å². The molecule has 1 aliphatic heterocycles. The Morgan fingerprint density at radius 2 is 1.73 bits per heavy atom. The van der Waals surface area contributed by atoms with E-state index >= 15 is 0 Å². The Balaban J connectivity index is 1.41. The lowest BCUT2D eigenvalue weighted by molar-refractivity contribution is -0.00149. The van der Waals surface area contributed by atoms with E-state index in [0.717, 1.165) is 50.3 Å². The van der Waals surface area contributed by atoms with Gasteiger partial charge in [-0.1, -0.05) is 45.2 Å². The third kappa shape index (κ3) is 4.08. The van der Waals surface area contributed by atoms with E-state index in [1.807, 2.05) is 9.58 Å². The minimum Gasteiger partial charge on any atom is -0.459 e. The number of tetrazole rings is 1. The summed E-state index contributed by atoms with van der Waals surface area (Å²) in [6, 6.07) is 12.1. The van der Waals surface area contributed by atoms with Crippen LogP contribution in [0, 0.1) is 0 Å². The monoisotopic (exact) mass is 448 g/mol. The summed E-state index contributed by atoms with van der Waals surface area (Å²) in [6.45, 7) is 7.34. The Labute approximate surface area is 194 Å². The molecule has 1 aromatic carbocycles. The molecule has 3 heterocycles. The zero-order valence-electron chi connectivity index (χ0n) is 19.5. The summed E-state index contributed by atoms with van der Waals surface area (Å²) in [5.74, 6) is 1.78. The van der Waals surface area contributed by atoms with Gasteiger partial charge >= 0.3 is 0 Å². The number of benzene rings is 1. The Bertz CT molecular complexity index is 1060. The molecule has 33 heavy (non-hydrogen) atoms. The van der Waals surface area contributed by atoms with Gasteiger partial charge in [-0.15, -0.1) is 5.10 Å². The van der Waals surface area contributed by atoms with Crippen molar-refractivity contribution in [2.45, 2.75) is 57.4 Å². The number of amides is 1. The first kappa shape index (κ1) is 21.8. The number of carbonyl (C=O) groups excluding carboxylic acids is 1. The minimum absolute atomic E-state index is 0.0348. The Morgan fingerprint density at radius 1 is 1.00 bits per heavy atom. The summed E-state index contributed by atoms with van der Waals surface area (Å²) in [6.07, 6.45) is 7.17. The molecule has 2 fully saturated rings. The highest BCUT2D eigenvalue weighted by Gasteiger charge is 2.45. The number of nitrogens with zero attached hydrogens (tertiary/aromatic N) is 6. The molecule has 1 saturated heterocycles. The molecule has 3 aromatic rings. The summed E-state index contributed by atoms with van der Waals surface area (Å²) < 4.78 is 7.25. The van der Waals surface area contributed by atoms with Crippen LogP contribution in [0.2, 0.25) is 0 Å². The standard InChI is InChI=1S/C25H32N6O2/c1-19(2)20-8-10-21(11-9-20)31-24(26-27-28-31)25(12-4-3-5-13-25)30-16-14-29(15-17-30)23(32)22-7-6-18-33-22/h6-11,18-19H,3-5,12-17H2,1-2H3. The van der Waals surface area contributed by atoms with E-state index < -0.39 is 0 Å². The lowest BCUT2D eigenvalue weighted by Crippen LogP contribution is -2.57. The first-order valence-corrected chi connectivity index (χ1v) is 12.1. The second-order valence-corrected chi connectivity index (χ2v) is 9.51. The van der Waals surface area contributed by atoms with E-state index in [1.165, 1.54) is 12.0 Å². The summed E-state index contributed by atoms with van der Waals surface area (Å²) in [4.78, 5) is 17.1. The molecule has 0 radical (unpaired) electrons. The lowest BCUT2D eigenvalue weighted by atomic mass is 9.79. The van der Waals surface area contributed by atoms with E-state index in [1.54, 1.807) is 18.4 Å². The third-order valence-electron chi connectivity index (χ3n) is 7.27. The molecule has 0 unspecified atom stereocenters. The highest BCUT2D eigenvalue weighted by atomic mass is 16.3. The van der Waals surface area contributed by atoms with Crippen LogP contribution in [0.25, 0.3) is 5.69 Å². The van der Waals surface area contributed by atoms with Gasteiger partial charge in [0.05, 0.1) is 17.5 Å². The first-order chi connectivity index (χ1) is 16.1. The van der Waals surface area contributed by atoms with Crippen LogP contribution in [0.5, 0.6) is 0 Å². The normalized spacial score (nSPS) is 19.2. The van der Waals surface area contributed by atoms with Crippen molar-refractivity contribution >= 4 is 5.91 Å². The van der Waals surface area contributed by atoms with E-state index in [9.17, 15) is 4.79 Å². The topological polar surface area (TPSA) is 80.3 Å². The SMILES string of the molecule is CC(C)c1ccc(-n2nnnc2C2(N3CCN(C(=O)c4ccco4)CC3)CCCCC2)cc1. The van der Waals surface area contributed by atoms with Crippen molar-refractivity contribution in [2.24, 2.45) is 0 Å². The molecule has 8 nitrogen and oxygen atoms in total. The number of piperazine rings is 1. The summed E-state index contributed by atoms with van der Waals surface area (Å²) in [5, 5.41) is 13.1. The van der Waals surface area contributed by atoms with Gasteiger partial charge in [0.15, 0.2) is 11.6 Å². The van der Waals surface area contributed by atoms with Gasteiger partial charge in [-0.05, 0) is 59.0 Å². The van der Waals surface area contributed by atoms with Crippen LogP contribution in [0.15, 0.2) is 47.1 Å². The minimum atomic E-state index is -0.210. The van der Waals surface area contributed by atoms with Crippen LogP contribution in [0.3, 0.4) is 0 Å². The van der Waals surface area contributed by atoms with Gasteiger partial charge in [0.1, 0.15) is 0 Å². The lowest BCUT2D eigenvalue weighted by Gasteiger charge is -2.48. The molecule has 0 N–H and O–H groups in total. The molecular formula is C25H32N6O2. The van der Waals surface area contributed by atoms with E-state index in [-0.39, 0.29) is 11.4 Å². The number of hydrogen-bond acceptors (Lipinski definition) is 6. The molecule has 0 spiro atoms. The summed E-state index contributed by atoms with van der Waals surface area (Å²) in [7, 11) is 0. The molecule has 5 rings (SSSR count). The first-order valence-electron chi connectivity index (χ1n) is 12.1. The Hall–Kier alpha value is -3.00. The van der Waals surface area contributed by atoms with Crippen molar-refractivity contribution in [3.05, 3.63) is 59.8 Å². The summed E-state index contributed by atoms with van der Waals surface area (Å²) in [5.41, 5.74) is 2.09. The number of carbonyl (C=O) groups is 1. The van der Waals surface area contributed by atoms with Crippen molar-refractivity contribution in [2.75, 3.05) is 26.2 Å².